The van der Waals surface area contributed by atoms with E-state index in [1.165, 1.54) is 46.7 Å². The van der Waals surface area contributed by atoms with Crippen LogP contribution in [0.1, 0.15) is 78.6 Å². The van der Waals surface area contributed by atoms with Gasteiger partial charge in [-0.1, -0.05) is 31.9 Å². The highest BCUT2D eigenvalue weighted by molar-refractivity contribution is 7.17. The van der Waals surface area contributed by atoms with Gasteiger partial charge < -0.3 is 24.4 Å². The summed E-state index contributed by atoms with van der Waals surface area (Å²) in [6.07, 6.45) is 4.36. The summed E-state index contributed by atoms with van der Waals surface area (Å²) in [6.45, 7) is 7.01. The van der Waals surface area contributed by atoms with E-state index in [-0.39, 0.29) is 12.0 Å². The Labute approximate surface area is 266 Å². The SMILES string of the molecule is CC1CCC(C2=C(c3cc(-c4ccc(NC(=O)c5cscn5)cc4)sc3C(=O)OCOC(=O)OC(C)C)CCN(C)C2)CC1. The molecule has 0 saturated heterocycles. The summed E-state index contributed by atoms with van der Waals surface area (Å²) >= 11 is 2.73. The van der Waals surface area contributed by atoms with E-state index in [9.17, 15) is 14.4 Å². The van der Waals surface area contributed by atoms with Crippen molar-refractivity contribution < 1.29 is 28.6 Å². The molecule has 0 radical (unpaired) electrons. The molecule has 0 unspecified atom stereocenters. The Morgan fingerprint density at radius 2 is 1.84 bits per heavy atom. The quantitative estimate of drug-likeness (QED) is 0.188. The van der Waals surface area contributed by atoms with Gasteiger partial charge in [0.05, 0.1) is 11.6 Å². The highest BCUT2D eigenvalue weighted by atomic mass is 32.1. The lowest BCUT2D eigenvalue weighted by atomic mass is 9.75. The monoisotopic (exact) mass is 637 g/mol. The third-order valence-electron chi connectivity index (χ3n) is 8.11. The molecule has 44 heavy (non-hydrogen) atoms. The Morgan fingerprint density at radius 3 is 2.52 bits per heavy atom. The number of likely N-dealkylation sites (N-methyl/N-ethyl adjacent to an activating group) is 1. The number of thiophene rings is 1. The fourth-order valence-corrected chi connectivity index (χ4v) is 7.41. The molecule has 1 amide bonds. The second kappa shape index (κ2) is 14.5. The van der Waals surface area contributed by atoms with Gasteiger partial charge in [-0.05, 0) is 86.9 Å². The predicted octanol–water partition coefficient (Wildman–Crippen LogP) is 7.72. The number of benzene rings is 1. The highest BCUT2D eigenvalue weighted by Gasteiger charge is 2.31. The van der Waals surface area contributed by atoms with Crippen molar-refractivity contribution in [2.45, 2.75) is 59.0 Å². The molecule has 3 aromatic rings. The van der Waals surface area contributed by atoms with Crippen LogP contribution in [0, 0.1) is 11.8 Å². The molecular formula is C33H39N3O6S2. The molecule has 1 aliphatic carbocycles. The van der Waals surface area contributed by atoms with Gasteiger partial charge in [0.15, 0.2) is 0 Å². The Kier molecular flexibility index (Phi) is 10.5. The third-order valence-corrected chi connectivity index (χ3v) is 9.86. The second-order valence-electron chi connectivity index (χ2n) is 11.8. The first-order chi connectivity index (χ1) is 21.2. The molecule has 3 heterocycles. The first-order valence-electron chi connectivity index (χ1n) is 15.0. The van der Waals surface area contributed by atoms with Crippen molar-refractivity contribution in [3.8, 4) is 10.4 Å². The van der Waals surface area contributed by atoms with E-state index in [2.05, 4.69) is 35.2 Å². The van der Waals surface area contributed by atoms with Crippen molar-refractivity contribution >= 4 is 52.0 Å². The van der Waals surface area contributed by atoms with E-state index in [0.29, 0.717) is 22.2 Å². The van der Waals surface area contributed by atoms with Crippen LogP contribution in [0.2, 0.25) is 0 Å². The van der Waals surface area contributed by atoms with E-state index in [1.807, 2.05) is 24.3 Å². The molecule has 0 atom stereocenters. The van der Waals surface area contributed by atoms with Crippen LogP contribution in [0.4, 0.5) is 10.5 Å². The van der Waals surface area contributed by atoms with Crippen molar-refractivity contribution in [1.29, 1.82) is 0 Å². The third kappa shape index (κ3) is 7.94. The van der Waals surface area contributed by atoms with Gasteiger partial charge in [-0.3, -0.25) is 4.79 Å². The van der Waals surface area contributed by atoms with E-state index >= 15 is 0 Å². The minimum absolute atomic E-state index is 0.263. The van der Waals surface area contributed by atoms with Crippen LogP contribution in [-0.4, -0.2) is 60.9 Å². The lowest BCUT2D eigenvalue weighted by Crippen LogP contribution is -2.31. The Hall–Kier alpha value is -3.54. The van der Waals surface area contributed by atoms with E-state index in [1.54, 1.807) is 24.7 Å². The summed E-state index contributed by atoms with van der Waals surface area (Å²) in [5, 5.41) is 4.58. The summed E-state index contributed by atoms with van der Waals surface area (Å²) in [5.74, 6) is 0.432. The number of thiazole rings is 1. The first kappa shape index (κ1) is 31.9. The lowest BCUT2D eigenvalue weighted by Gasteiger charge is -2.35. The molecule has 9 nitrogen and oxygen atoms in total. The van der Waals surface area contributed by atoms with Crippen LogP contribution in [0.15, 0.2) is 46.8 Å². The maximum absolute atomic E-state index is 13.5. The van der Waals surface area contributed by atoms with Crippen LogP contribution >= 0.6 is 22.7 Å². The zero-order valence-electron chi connectivity index (χ0n) is 25.6. The van der Waals surface area contributed by atoms with Gasteiger partial charge in [-0.2, -0.15) is 0 Å². The van der Waals surface area contributed by atoms with Gasteiger partial charge in [0.1, 0.15) is 10.6 Å². The number of rotatable bonds is 9. The number of anilines is 1. The van der Waals surface area contributed by atoms with Crippen LogP contribution < -0.4 is 5.32 Å². The van der Waals surface area contributed by atoms with Gasteiger partial charge in [0.2, 0.25) is 6.79 Å². The van der Waals surface area contributed by atoms with Gasteiger partial charge in [-0.15, -0.1) is 22.7 Å². The van der Waals surface area contributed by atoms with Crippen LogP contribution in [0.3, 0.4) is 0 Å². The highest BCUT2D eigenvalue weighted by Crippen LogP contribution is 2.43. The zero-order chi connectivity index (χ0) is 31.2. The molecule has 11 heteroatoms. The topological polar surface area (TPSA) is 107 Å². The average Bonchev–Trinajstić information content (AvgIpc) is 3.69. The predicted molar refractivity (Wildman–Crippen MR) is 173 cm³/mol. The Balaban J connectivity index is 1.44. The van der Waals surface area contributed by atoms with Crippen molar-refractivity contribution in [3.05, 3.63) is 62.9 Å². The molecule has 1 saturated carbocycles. The summed E-state index contributed by atoms with van der Waals surface area (Å²) in [5.41, 5.74) is 7.10. The summed E-state index contributed by atoms with van der Waals surface area (Å²) in [4.78, 5) is 45.6. The molecule has 5 rings (SSSR count). The zero-order valence-corrected chi connectivity index (χ0v) is 27.2. The minimum atomic E-state index is -0.881. The molecule has 0 bridgehead atoms. The Morgan fingerprint density at radius 1 is 1.09 bits per heavy atom. The fraction of sp³-hybridized carbons (Fsp3) is 0.455. The maximum atomic E-state index is 13.5. The molecule has 2 aliphatic rings. The Bertz CT molecular complexity index is 1490. The molecular weight excluding hydrogens is 599 g/mol. The van der Waals surface area contributed by atoms with Crippen molar-refractivity contribution in [2.24, 2.45) is 11.8 Å². The van der Waals surface area contributed by atoms with Crippen LogP contribution in [0.5, 0.6) is 0 Å². The number of ether oxygens (including phenoxy) is 3. The lowest BCUT2D eigenvalue weighted by molar-refractivity contribution is -0.0342. The minimum Gasteiger partial charge on any atom is -0.431 e. The number of hydrogen-bond acceptors (Lipinski definition) is 10. The van der Waals surface area contributed by atoms with Crippen LogP contribution in [-0.2, 0) is 14.2 Å². The van der Waals surface area contributed by atoms with Gasteiger partial charge in [-0.25, -0.2) is 14.6 Å². The van der Waals surface area contributed by atoms with E-state index in [0.717, 1.165) is 54.3 Å². The number of carbonyl (C=O) groups is 3. The average molecular weight is 638 g/mol. The molecule has 2 aromatic heterocycles. The summed E-state index contributed by atoms with van der Waals surface area (Å²) in [7, 11) is 2.15. The smallest absolute Gasteiger partial charge is 0.431 e. The van der Waals surface area contributed by atoms with E-state index < -0.39 is 18.9 Å². The standard InChI is InChI=1S/C33H39N3O6S2/c1-20(2)42-33(39)41-19-40-32(38)30-26(25-13-14-36(4)16-27(25)22-7-5-21(3)6-8-22)15-29(44-30)23-9-11-24(12-10-23)35-31(37)28-17-43-18-34-28/h9-12,15,17-18,20-22H,5-8,13-14,16,19H2,1-4H3,(H,35,37). The first-order valence-corrected chi connectivity index (χ1v) is 16.8. The van der Waals surface area contributed by atoms with Crippen LogP contribution in [0.25, 0.3) is 16.0 Å². The molecule has 234 valence electrons. The van der Waals surface area contributed by atoms with Gasteiger partial charge in [0.25, 0.3) is 5.91 Å². The van der Waals surface area contributed by atoms with Gasteiger partial charge >= 0.3 is 12.1 Å². The second-order valence-corrected chi connectivity index (χ2v) is 13.6. The van der Waals surface area contributed by atoms with Gasteiger partial charge in [0, 0.05) is 34.6 Å². The summed E-state index contributed by atoms with van der Waals surface area (Å²) < 4.78 is 15.4. The number of nitrogens with one attached hydrogen (secondary N) is 1. The molecule has 1 N–H and O–H groups in total. The number of hydrogen-bond donors (Lipinski definition) is 1. The van der Waals surface area contributed by atoms with E-state index in [4.69, 9.17) is 14.2 Å². The normalized spacial score (nSPS) is 19.1. The number of carbonyl (C=O) groups excluding carboxylic acids is 3. The largest absolute Gasteiger partial charge is 0.511 e. The van der Waals surface area contributed by atoms with Crippen molar-refractivity contribution in [3.63, 3.8) is 0 Å². The molecule has 1 aromatic carbocycles. The number of esters is 1. The molecule has 1 fully saturated rings. The number of amides is 1. The fourth-order valence-electron chi connectivity index (χ4n) is 5.79. The number of aromatic nitrogens is 1. The maximum Gasteiger partial charge on any atom is 0.511 e. The summed E-state index contributed by atoms with van der Waals surface area (Å²) in [6, 6.07) is 9.63. The van der Waals surface area contributed by atoms with Crippen molar-refractivity contribution in [2.75, 3.05) is 32.2 Å². The number of nitrogens with zero attached hydrogens (tertiary/aromatic N) is 2. The molecule has 0 spiro atoms. The molecule has 1 aliphatic heterocycles. The van der Waals surface area contributed by atoms with Crippen molar-refractivity contribution in [1.82, 2.24) is 9.88 Å².